The van der Waals surface area contributed by atoms with Crippen molar-refractivity contribution in [3.05, 3.63) is 11.6 Å². The van der Waals surface area contributed by atoms with Crippen molar-refractivity contribution in [3.8, 4) is 0 Å². The van der Waals surface area contributed by atoms with E-state index in [4.69, 9.17) is 0 Å². The first-order chi connectivity index (χ1) is 8.36. The van der Waals surface area contributed by atoms with Crippen LogP contribution in [0.2, 0.25) is 0 Å². The Bertz CT molecular complexity index is 336. The highest BCUT2D eigenvalue weighted by molar-refractivity contribution is 5.20. The molecule has 5 atom stereocenters. The number of nitrogens with zero attached hydrogens (tertiary/aromatic N) is 1. The fraction of sp³-hybridized carbons (Fsp3) is 0.875. The molecule has 0 aromatic rings. The van der Waals surface area contributed by atoms with Crippen LogP contribution < -0.4 is 0 Å². The lowest BCUT2D eigenvalue weighted by Gasteiger charge is -2.46. The van der Waals surface area contributed by atoms with E-state index in [1.165, 1.54) is 19.5 Å². The minimum atomic E-state index is -0.223. The Morgan fingerprint density at radius 1 is 1.44 bits per heavy atom. The van der Waals surface area contributed by atoms with Gasteiger partial charge in [0.1, 0.15) is 0 Å². The SMILES string of the molecule is C[C@@H]1C(C2CCN(C)C2)=CCC(C)([C@@H](C)O)[C@@H]1C. The summed E-state index contributed by atoms with van der Waals surface area (Å²) in [6.07, 6.45) is 4.57. The minimum Gasteiger partial charge on any atom is -0.393 e. The lowest BCUT2D eigenvalue weighted by atomic mass is 9.60. The highest BCUT2D eigenvalue weighted by Gasteiger charge is 2.43. The van der Waals surface area contributed by atoms with Crippen molar-refractivity contribution < 1.29 is 5.11 Å². The summed E-state index contributed by atoms with van der Waals surface area (Å²) < 4.78 is 0. The van der Waals surface area contributed by atoms with E-state index in [0.29, 0.717) is 11.8 Å². The van der Waals surface area contributed by atoms with E-state index < -0.39 is 0 Å². The number of rotatable bonds is 2. The molecule has 0 saturated carbocycles. The zero-order valence-corrected chi connectivity index (χ0v) is 12.6. The maximum Gasteiger partial charge on any atom is 0.0571 e. The van der Waals surface area contributed by atoms with Crippen molar-refractivity contribution in [2.45, 2.75) is 46.6 Å². The van der Waals surface area contributed by atoms with Crippen LogP contribution in [0.3, 0.4) is 0 Å². The van der Waals surface area contributed by atoms with Gasteiger partial charge in [0, 0.05) is 6.54 Å². The van der Waals surface area contributed by atoms with Crippen molar-refractivity contribution >= 4 is 0 Å². The van der Waals surface area contributed by atoms with Gasteiger partial charge < -0.3 is 10.0 Å². The molecule has 1 N–H and O–H groups in total. The molecule has 0 aromatic carbocycles. The van der Waals surface area contributed by atoms with Gasteiger partial charge >= 0.3 is 0 Å². The smallest absolute Gasteiger partial charge is 0.0571 e. The summed E-state index contributed by atoms with van der Waals surface area (Å²) in [6, 6.07) is 0. The van der Waals surface area contributed by atoms with Gasteiger partial charge in [0.05, 0.1) is 6.10 Å². The van der Waals surface area contributed by atoms with Crippen LogP contribution in [0.1, 0.15) is 40.5 Å². The third-order valence-corrected chi connectivity index (χ3v) is 5.91. The van der Waals surface area contributed by atoms with Crippen LogP contribution in [-0.4, -0.2) is 36.2 Å². The summed E-state index contributed by atoms with van der Waals surface area (Å²) in [5.74, 6) is 1.92. The Morgan fingerprint density at radius 3 is 2.61 bits per heavy atom. The molecule has 1 heterocycles. The van der Waals surface area contributed by atoms with Crippen LogP contribution in [0.15, 0.2) is 11.6 Å². The molecule has 2 nitrogen and oxygen atoms in total. The number of hydrogen-bond acceptors (Lipinski definition) is 2. The molecule has 0 bridgehead atoms. The van der Waals surface area contributed by atoms with Gasteiger partial charge in [-0.3, -0.25) is 0 Å². The number of likely N-dealkylation sites (tertiary alicyclic amines) is 1. The molecule has 0 radical (unpaired) electrons. The lowest BCUT2D eigenvalue weighted by molar-refractivity contribution is -0.00860. The van der Waals surface area contributed by atoms with Gasteiger partial charge in [-0.05, 0) is 56.5 Å². The predicted molar refractivity (Wildman–Crippen MR) is 76.4 cm³/mol. The monoisotopic (exact) mass is 251 g/mol. The first-order valence-corrected chi connectivity index (χ1v) is 7.42. The van der Waals surface area contributed by atoms with Crippen LogP contribution in [0.25, 0.3) is 0 Å². The first kappa shape index (κ1) is 14.1. The second kappa shape index (κ2) is 4.97. The Morgan fingerprint density at radius 2 is 2.11 bits per heavy atom. The van der Waals surface area contributed by atoms with Crippen molar-refractivity contribution in [1.29, 1.82) is 0 Å². The number of aliphatic hydroxyl groups excluding tert-OH is 1. The van der Waals surface area contributed by atoms with Gasteiger partial charge in [0.2, 0.25) is 0 Å². The zero-order valence-electron chi connectivity index (χ0n) is 12.6. The molecule has 1 saturated heterocycles. The zero-order chi connectivity index (χ0) is 13.5. The topological polar surface area (TPSA) is 23.5 Å². The summed E-state index contributed by atoms with van der Waals surface area (Å²) in [5.41, 5.74) is 1.71. The van der Waals surface area contributed by atoms with E-state index in [2.05, 4.69) is 38.8 Å². The standard InChI is InChI=1S/C16H29NO/c1-11-12(2)16(4,13(3)18)8-6-15(11)14-7-9-17(5)10-14/h6,11-14,18H,7-10H2,1-5H3/t11-,12+,13+,14?,16?/m0/s1. The largest absolute Gasteiger partial charge is 0.393 e. The average molecular weight is 251 g/mol. The molecular weight excluding hydrogens is 222 g/mol. The van der Waals surface area contributed by atoms with Gasteiger partial charge in [-0.15, -0.1) is 0 Å². The van der Waals surface area contributed by atoms with E-state index in [1.54, 1.807) is 5.57 Å². The Labute approximate surface area is 112 Å². The lowest BCUT2D eigenvalue weighted by Crippen LogP contribution is -2.42. The van der Waals surface area contributed by atoms with E-state index in [9.17, 15) is 5.11 Å². The predicted octanol–water partition coefficient (Wildman–Crippen LogP) is 2.93. The van der Waals surface area contributed by atoms with E-state index >= 15 is 0 Å². The molecular formula is C16H29NO. The van der Waals surface area contributed by atoms with E-state index in [1.807, 2.05) is 6.92 Å². The fourth-order valence-electron chi connectivity index (χ4n) is 3.87. The van der Waals surface area contributed by atoms with E-state index in [-0.39, 0.29) is 11.5 Å². The third-order valence-electron chi connectivity index (χ3n) is 5.91. The van der Waals surface area contributed by atoms with Gasteiger partial charge in [-0.1, -0.05) is 32.4 Å². The Hall–Kier alpha value is -0.340. The summed E-state index contributed by atoms with van der Waals surface area (Å²) in [6.45, 7) is 11.3. The molecule has 1 aliphatic carbocycles. The maximum atomic E-state index is 10.1. The molecule has 18 heavy (non-hydrogen) atoms. The molecule has 1 aliphatic heterocycles. The Balaban J connectivity index is 2.18. The molecule has 2 rings (SSSR count). The van der Waals surface area contributed by atoms with Crippen LogP contribution in [0, 0.1) is 23.2 Å². The summed E-state index contributed by atoms with van der Waals surface area (Å²) in [5, 5.41) is 10.1. The molecule has 0 aromatic heterocycles. The normalized spacial score (nSPS) is 43.9. The molecule has 1 fully saturated rings. The molecule has 2 heteroatoms. The van der Waals surface area contributed by atoms with Crippen LogP contribution in [0.4, 0.5) is 0 Å². The average Bonchev–Trinajstić information content (AvgIpc) is 2.72. The molecule has 0 amide bonds. The second-order valence-electron chi connectivity index (χ2n) is 6.92. The summed E-state index contributed by atoms with van der Waals surface area (Å²) >= 11 is 0. The third kappa shape index (κ3) is 2.25. The number of hydrogen-bond donors (Lipinski definition) is 1. The molecule has 0 spiro atoms. The van der Waals surface area contributed by atoms with Gasteiger partial charge in [0.15, 0.2) is 0 Å². The first-order valence-electron chi connectivity index (χ1n) is 7.42. The second-order valence-corrected chi connectivity index (χ2v) is 6.92. The summed E-state index contributed by atoms with van der Waals surface area (Å²) in [7, 11) is 2.22. The van der Waals surface area contributed by atoms with E-state index in [0.717, 1.165) is 12.3 Å². The summed E-state index contributed by atoms with van der Waals surface area (Å²) in [4.78, 5) is 2.44. The molecule has 2 unspecified atom stereocenters. The van der Waals surface area contributed by atoms with Crippen molar-refractivity contribution in [2.24, 2.45) is 23.2 Å². The van der Waals surface area contributed by atoms with Crippen LogP contribution in [0.5, 0.6) is 0 Å². The number of allylic oxidation sites excluding steroid dienone is 1. The minimum absolute atomic E-state index is 0.0490. The van der Waals surface area contributed by atoms with Gasteiger partial charge in [-0.2, -0.15) is 0 Å². The van der Waals surface area contributed by atoms with Crippen LogP contribution >= 0.6 is 0 Å². The van der Waals surface area contributed by atoms with Gasteiger partial charge in [-0.25, -0.2) is 0 Å². The van der Waals surface area contributed by atoms with Gasteiger partial charge in [0.25, 0.3) is 0 Å². The van der Waals surface area contributed by atoms with Crippen LogP contribution in [-0.2, 0) is 0 Å². The highest BCUT2D eigenvalue weighted by Crippen LogP contribution is 2.48. The fourth-order valence-corrected chi connectivity index (χ4v) is 3.87. The number of aliphatic hydroxyl groups is 1. The highest BCUT2D eigenvalue weighted by atomic mass is 16.3. The van der Waals surface area contributed by atoms with Crippen molar-refractivity contribution in [2.75, 3.05) is 20.1 Å². The Kier molecular flexibility index (Phi) is 3.89. The quantitative estimate of drug-likeness (QED) is 0.763. The molecule has 104 valence electrons. The van der Waals surface area contributed by atoms with Crippen molar-refractivity contribution in [3.63, 3.8) is 0 Å². The van der Waals surface area contributed by atoms with Crippen molar-refractivity contribution in [1.82, 2.24) is 4.90 Å². The maximum absolute atomic E-state index is 10.1. The molecule has 2 aliphatic rings.